The first-order chi connectivity index (χ1) is 9.17. The molecule has 0 saturated carbocycles. The Kier molecular flexibility index (Phi) is 8.01. The number of halogens is 2. The van der Waals surface area contributed by atoms with Gasteiger partial charge in [-0.2, -0.15) is 0 Å². The molecular formula is C12H17BrClN3OS2. The second kappa shape index (κ2) is 8.96. The smallest absolute Gasteiger partial charge is 0.180 e. The molecule has 0 fully saturated rings. The highest BCUT2D eigenvalue weighted by molar-refractivity contribution is 9.10. The van der Waals surface area contributed by atoms with Gasteiger partial charge in [-0.05, 0) is 22.0 Å². The van der Waals surface area contributed by atoms with Crippen LogP contribution in [0.3, 0.4) is 0 Å². The monoisotopic (exact) mass is 397 g/mol. The largest absolute Gasteiger partial charge is 0.383 e. The minimum absolute atomic E-state index is 0. The van der Waals surface area contributed by atoms with Gasteiger partial charge in [-0.15, -0.1) is 35.1 Å². The average molecular weight is 399 g/mol. The number of nitrogens with zero attached hydrogens (tertiary/aromatic N) is 2. The van der Waals surface area contributed by atoms with Crippen LogP contribution in [0.4, 0.5) is 5.13 Å². The zero-order chi connectivity index (χ0) is 13.7. The van der Waals surface area contributed by atoms with Crippen molar-refractivity contribution in [3.05, 3.63) is 31.9 Å². The number of hydrogen-bond donors (Lipinski definition) is 1. The van der Waals surface area contributed by atoms with Gasteiger partial charge in [0.1, 0.15) is 0 Å². The Balaban J connectivity index is 0.00000200. The lowest BCUT2D eigenvalue weighted by Crippen LogP contribution is -2.25. The Morgan fingerprint density at radius 1 is 1.40 bits per heavy atom. The van der Waals surface area contributed by atoms with E-state index in [1.54, 1.807) is 29.8 Å². The Morgan fingerprint density at radius 2 is 2.15 bits per heavy atom. The highest BCUT2D eigenvalue weighted by atomic mass is 79.9. The summed E-state index contributed by atoms with van der Waals surface area (Å²) in [6, 6.07) is 2.16. The van der Waals surface area contributed by atoms with Gasteiger partial charge in [-0.1, -0.05) is 0 Å². The molecule has 0 bridgehead atoms. The quantitative estimate of drug-likeness (QED) is 0.774. The molecule has 0 saturated heterocycles. The van der Waals surface area contributed by atoms with Gasteiger partial charge in [-0.3, -0.25) is 4.90 Å². The molecule has 2 aromatic heterocycles. The zero-order valence-electron chi connectivity index (χ0n) is 11.0. The molecule has 2 heterocycles. The maximum atomic E-state index is 5.67. The number of nitrogens with two attached hydrogens (primary N) is 1. The standard InChI is InChI=1S/C12H16BrN3OS2.ClH/c1-17-3-2-16(6-10-4-9(13)8-18-10)7-11-5-15-12(14)19-11;/h4-5,8H,2-3,6-7H2,1H3,(H2,14,15);1H. The van der Waals surface area contributed by atoms with Crippen LogP contribution >= 0.6 is 51.0 Å². The van der Waals surface area contributed by atoms with Crippen LogP contribution in [0.5, 0.6) is 0 Å². The number of anilines is 1. The molecule has 0 unspecified atom stereocenters. The van der Waals surface area contributed by atoms with Crippen LogP contribution in [0, 0.1) is 0 Å². The molecule has 4 nitrogen and oxygen atoms in total. The van der Waals surface area contributed by atoms with Crippen molar-refractivity contribution in [1.82, 2.24) is 9.88 Å². The van der Waals surface area contributed by atoms with E-state index in [1.807, 2.05) is 6.20 Å². The van der Waals surface area contributed by atoms with Crippen molar-refractivity contribution >= 4 is 56.1 Å². The SMILES string of the molecule is COCCN(Cc1cc(Br)cs1)Cc1cnc(N)s1.Cl. The van der Waals surface area contributed by atoms with Gasteiger partial charge in [0.2, 0.25) is 0 Å². The highest BCUT2D eigenvalue weighted by Crippen LogP contribution is 2.23. The van der Waals surface area contributed by atoms with Gasteiger partial charge in [0.05, 0.1) is 6.61 Å². The summed E-state index contributed by atoms with van der Waals surface area (Å²) in [5, 5.41) is 2.73. The predicted octanol–water partition coefficient (Wildman–Crippen LogP) is 3.62. The lowest BCUT2D eigenvalue weighted by atomic mass is 10.3. The fraction of sp³-hybridized carbons (Fsp3) is 0.417. The lowest BCUT2D eigenvalue weighted by Gasteiger charge is -2.20. The van der Waals surface area contributed by atoms with Gasteiger partial charge in [0.15, 0.2) is 5.13 Å². The summed E-state index contributed by atoms with van der Waals surface area (Å²) < 4.78 is 6.31. The third-order valence-electron chi connectivity index (χ3n) is 2.56. The molecule has 0 spiro atoms. The minimum atomic E-state index is 0. The normalized spacial score (nSPS) is 10.8. The molecular weight excluding hydrogens is 382 g/mol. The number of aromatic nitrogens is 1. The van der Waals surface area contributed by atoms with E-state index < -0.39 is 0 Å². The molecule has 0 atom stereocenters. The van der Waals surface area contributed by atoms with Crippen LogP contribution in [0.1, 0.15) is 9.75 Å². The maximum absolute atomic E-state index is 5.67. The van der Waals surface area contributed by atoms with E-state index in [0.29, 0.717) is 5.13 Å². The molecule has 2 N–H and O–H groups in total. The Bertz CT molecular complexity index is 478. The van der Waals surface area contributed by atoms with Crippen molar-refractivity contribution in [2.75, 3.05) is 26.0 Å². The topological polar surface area (TPSA) is 51.4 Å². The number of rotatable bonds is 7. The molecule has 0 aliphatic carbocycles. The second-order valence-electron chi connectivity index (χ2n) is 4.10. The van der Waals surface area contributed by atoms with Crippen LogP contribution < -0.4 is 5.73 Å². The molecule has 0 aliphatic rings. The van der Waals surface area contributed by atoms with Crippen molar-refractivity contribution in [3.8, 4) is 0 Å². The fourth-order valence-electron chi connectivity index (χ4n) is 1.71. The molecule has 0 amide bonds. The number of thiophene rings is 1. The number of methoxy groups -OCH3 is 1. The number of nitrogen functional groups attached to an aromatic ring is 1. The maximum Gasteiger partial charge on any atom is 0.180 e. The predicted molar refractivity (Wildman–Crippen MR) is 91.8 cm³/mol. The fourth-order valence-corrected chi connectivity index (χ4v) is 3.93. The summed E-state index contributed by atoms with van der Waals surface area (Å²) in [5.74, 6) is 0. The highest BCUT2D eigenvalue weighted by Gasteiger charge is 2.10. The summed E-state index contributed by atoms with van der Waals surface area (Å²) in [6.45, 7) is 3.38. The van der Waals surface area contributed by atoms with Crippen molar-refractivity contribution in [1.29, 1.82) is 0 Å². The first-order valence-corrected chi connectivity index (χ1v) is 8.30. The van der Waals surface area contributed by atoms with Crippen LogP contribution in [0.2, 0.25) is 0 Å². The number of thiazole rings is 1. The van der Waals surface area contributed by atoms with Crippen LogP contribution in [0.15, 0.2) is 22.1 Å². The molecule has 112 valence electrons. The van der Waals surface area contributed by atoms with Crippen molar-refractivity contribution in [2.24, 2.45) is 0 Å². The van der Waals surface area contributed by atoms with Gasteiger partial charge in [0, 0.05) is 52.5 Å². The molecule has 20 heavy (non-hydrogen) atoms. The first kappa shape index (κ1) is 17.9. The molecule has 0 radical (unpaired) electrons. The Morgan fingerprint density at radius 3 is 2.70 bits per heavy atom. The van der Waals surface area contributed by atoms with E-state index in [0.717, 1.165) is 30.7 Å². The molecule has 0 aliphatic heterocycles. The van der Waals surface area contributed by atoms with E-state index in [-0.39, 0.29) is 12.4 Å². The summed E-state index contributed by atoms with van der Waals surface area (Å²) >= 11 is 6.79. The molecule has 2 rings (SSSR count). The molecule has 8 heteroatoms. The zero-order valence-corrected chi connectivity index (χ0v) is 15.1. The lowest BCUT2D eigenvalue weighted by molar-refractivity contribution is 0.141. The minimum Gasteiger partial charge on any atom is -0.383 e. The first-order valence-electron chi connectivity index (χ1n) is 5.81. The van der Waals surface area contributed by atoms with Gasteiger partial charge in [-0.25, -0.2) is 4.98 Å². The molecule has 2 aromatic rings. The van der Waals surface area contributed by atoms with Crippen LogP contribution in [0.25, 0.3) is 0 Å². The van der Waals surface area contributed by atoms with Crippen LogP contribution in [-0.2, 0) is 17.8 Å². The van der Waals surface area contributed by atoms with E-state index in [9.17, 15) is 0 Å². The summed E-state index contributed by atoms with van der Waals surface area (Å²) in [5.41, 5.74) is 5.67. The van der Waals surface area contributed by atoms with Crippen molar-refractivity contribution in [3.63, 3.8) is 0 Å². The van der Waals surface area contributed by atoms with Crippen molar-refractivity contribution < 1.29 is 4.74 Å². The number of hydrogen-bond acceptors (Lipinski definition) is 6. The summed E-state index contributed by atoms with van der Waals surface area (Å²) in [6.07, 6.45) is 1.85. The summed E-state index contributed by atoms with van der Waals surface area (Å²) in [7, 11) is 1.73. The van der Waals surface area contributed by atoms with Crippen molar-refractivity contribution in [2.45, 2.75) is 13.1 Å². The van der Waals surface area contributed by atoms with Gasteiger partial charge < -0.3 is 10.5 Å². The van der Waals surface area contributed by atoms with E-state index in [1.165, 1.54) is 9.75 Å². The van der Waals surface area contributed by atoms with E-state index in [4.69, 9.17) is 10.5 Å². The van der Waals surface area contributed by atoms with Gasteiger partial charge >= 0.3 is 0 Å². The Hall–Kier alpha value is -0.180. The van der Waals surface area contributed by atoms with E-state index >= 15 is 0 Å². The second-order valence-corrected chi connectivity index (χ2v) is 7.16. The summed E-state index contributed by atoms with van der Waals surface area (Å²) in [4.78, 5) is 8.95. The Labute approximate surface area is 141 Å². The third kappa shape index (κ3) is 5.67. The average Bonchev–Trinajstić information content (AvgIpc) is 2.95. The third-order valence-corrected chi connectivity index (χ3v) is 5.06. The van der Waals surface area contributed by atoms with Gasteiger partial charge in [0.25, 0.3) is 0 Å². The molecule has 0 aromatic carbocycles. The van der Waals surface area contributed by atoms with E-state index in [2.05, 4.69) is 37.3 Å². The number of ether oxygens (including phenoxy) is 1. The van der Waals surface area contributed by atoms with Crippen LogP contribution in [-0.4, -0.2) is 30.1 Å².